The maximum absolute atomic E-state index is 12.7. The molecule has 0 saturated carbocycles. The van der Waals surface area contributed by atoms with Gasteiger partial charge in [0.25, 0.3) is 0 Å². The number of ether oxygens (including phenoxy) is 1. The first-order chi connectivity index (χ1) is 14.5. The molecule has 1 aliphatic heterocycles. The molecule has 1 aromatic heterocycles. The Labute approximate surface area is 176 Å². The van der Waals surface area contributed by atoms with Gasteiger partial charge in [-0.2, -0.15) is 0 Å². The predicted molar refractivity (Wildman–Crippen MR) is 118 cm³/mol. The van der Waals surface area contributed by atoms with Crippen LogP contribution in [0.2, 0.25) is 0 Å². The van der Waals surface area contributed by atoms with Gasteiger partial charge in [-0.25, -0.2) is 0 Å². The molecule has 0 spiro atoms. The van der Waals surface area contributed by atoms with Crippen molar-refractivity contribution in [1.82, 2.24) is 9.88 Å². The lowest BCUT2D eigenvalue weighted by Gasteiger charge is -2.17. The molecular formula is C24H27N3O3. The molecule has 2 aromatic carbocycles. The van der Waals surface area contributed by atoms with Crippen molar-refractivity contribution >= 4 is 28.4 Å². The van der Waals surface area contributed by atoms with E-state index in [4.69, 9.17) is 4.74 Å². The largest absolute Gasteiger partial charge is 0.497 e. The van der Waals surface area contributed by atoms with Gasteiger partial charge in [0.15, 0.2) is 0 Å². The first-order valence-corrected chi connectivity index (χ1v) is 10.2. The van der Waals surface area contributed by atoms with Crippen molar-refractivity contribution in [3.8, 4) is 5.75 Å². The zero-order valence-corrected chi connectivity index (χ0v) is 17.6. The summed E-state index contributed by atoms with van der Waals surface area (Å²) < 4.78 is 5.32. The number of rotatable bonds is 6. The van der Waals surface area contributed by atoms with Crippen LogP contribution in [0, 0.1) is 19.8 Å². The number of fused-ring (bicyclic) bond motifs is 1. The molecular weight excluding hydrogens is 378 g/mol. The Balaban J connectivity index is 1.39. The number of carbonyl (C=O) groups is 2. The van der Waals surface area contributed by atoms with E-state index >= 15 is 0 Å². The van der Waals surface area contributed by atoms with E-state index in [-0.39, 0.29) is 24.2 Å². The van der Waals surface area contributed by atoms with E-state index in [1.165, 1.54) is 0 Å². The van der Waals surface area contributed by atoms with Crippen molar-refractivity contribution < 1.29 is 14.3 Å². The van der Waals surface area contributed by atoms with Crippen molar-refractivity contribution in [1.29, 1.82) is 0 Å². The van der Waals surface area contributed by atoms with E-state index in [0.29, 0.717) is 13.1 Å². The Morgan fingerprint density at radius 2 is 2.10 bits per heavy atom. The van der Waals surface area contributed by atoms with Crippen LogP contribution in [-0.2, 0) is 16.0 Å². The Kier molecular flexibility index (Phi) is 5.48. The molecule has 30 heavy (non-hydrogen) atoms. The van der Waals surface area contributed by atoms with E-state index in [0.717, 1.165) is 45.5 Å². The summed E-state index contributed by atoms with van der Waals surface area (Å²) in [6, 6.07) is 11.8. The number of aromatic amines is 1. The molecule has 1 atom stereocenters. The summed E-state index contributed by atoms with van der Waals surface area (Å²) in [5.41, 5.74) is 5.19. The summed E-state index contributed by atoms with van der Waals surface area (Å²) >= 11 is 0. The van der Waals surface area contributed by atoms with Gasteiger partial charge in [-0.15, -0.1) is 0 Å². The number of likely N-dealkylation sites (tertiary alicyclic amines) is 1. The third-order valence-corrected chi connectivity index (χ3v) is 6.07. The highest BCUT2D eigenvalue weighted by molar-refractivity contribution is 5.97. The van der Waals surface area contributed by atoms with Crippen LogP contribution in [0.15, 0.2) is 42.6 Å². The minimum atomic E-state index is -0.319. The maximum atomic E-state index is 12.7. The highest BCUT2D eigenvalue weighted by Gasteiger charge is 2.34. The fourth-order valence-corrected chi connectivity index (χ4v) is 4.03. The third-order valence-electron chi connectivity index (χ3n) is 6.07. The number of hydrogen-bond acceptors (Lipinski definition) is 3. The van der Waals surface area contributed by atoms with Crippen LogP contribution in [0.3, 0.4) is 0 Å². The van der Waals surface area contributed by atoms with E-state index in [9.17, 15) is 9.59 Å². The standard InChI is InChI=1S/C24H27N3O3/c1-15-5-4-6-21(16(15)2)26-24(29)18-11-23(28)27(14-18)10-9-17-13-25-22-8-7-19(30-3)12-20(17)22/h4-8,12-13,18,25H,9-11,14H2,1-3H3,(H,26,29)/t18-/m0/s1. The summed E-state index contributed by atoms with van der Waals surface area (Å²) in [5.74, 6) is 0.439. The molecule has 6 nitrogen and oxygen atoms in total. The molecule has 6 heteroatoms. The number of amides is 2. The van der Waals surface area contributed by atoms with E-state index < -0.39 is 0 Å². The second kappa shape index (κ2) is 8.22. The summed E-state index contributed by atoms with van der Waals surface area (Å²) in [7, 11) is 1.65. The SMILES string of the molecule is COc1ccc2[nH]cc(CCN3C[C@@H](C(=O)Nc4cccc(C)c4C)CC3=O)c2c1. The predicted octanol–water partition coefficient (Wildman–Crippen LogP) is 3.82. The molecule has 0 aliphatic carbocycles. The fraction of sp³-hybridized carbons (Fsp3) is 0.333. The van der Waals surface area contributed by atoms with Gasteiger partial charge in [0.1, 0.15) is 5.75 Å². The van der Waals surface area contributed by atoms with Gasteiger partial charge >= 0.3 is 0 Å². The Morgan fingerprint density at radius 1 is 1.27 bits per heavy atom. The van der Waals surface area contributed by atoms with Gasteiger partial charge in [-0.05, 0) is 61.2 Å². The molecule has 1 aliphatic rings. The summed E-state index contributed by atoms with van der Waals surface area (Å²) in [5, 5.41) is 4.11. The minimum absolute atomic E-state index is 0.0357. The van der Waals surface area contributed by atoms with Gasteiger partial charge in [0, 0.05) is 42.3 Å². The van der Waals surface area contributed by atoms with Crippen molar-refractivity contribution in [3.63, 3.8) is 0 Å². The molecule has 0 radical (unpaired) electrons. The smallest absolute Gasteiger partial charge is 0.229 e. The van der Waals surface area contributed by atoms with Crippen LogP contribution < -0.4 is 10.1 Å². The van der Waals surface area contributed by atoms with Gasteiger partial charge in [0.2, 0.25) is 11.8 Å². The second-order valence-corrected chi connectivity index (χ2v) is 7.95. The molecule has 156 valence electrons. The van der Waals surface area contributed by atoms with E-state index in [1.807, 2.05) is 56.4 Å². The van der Waals surface area contributed by atoms with Gasteiger partial charge in [0.05, 0.1) is 13.0 Å². The molecule has 1 saturated heterocycles. The Morgan fingerprint density at radius 3 is 2.90 bits per heavy atom. The molecule has 3 aromatic rings. The zero-order valence-electron chi connectivity index (χ0n) is 17.6. The topological polar surface area (TPSA) is 74.4 Å². The minimum Gasteiger partial charge on any atom is -0.497 e. The number of aromatic nitrogens is 1. The van der Waals surface area contributed by atoms with Gasteiger partial charge in [-0.1, -0.05) is 12.1 Å². The molecule has 0 bridgehead atoms. The van der Waals surface area contributed by atoms with Crippen LogP contribution in [-0.4, -0.2) is 41.9 Å². The summed E-state index contributed by atoms with van der Waals surface area (Å²) in [4.78, 5) is 30.3. The van der Waals surface area contributed by atoms with Crippen LogP contribution in [0.5, 0.6) is 5.75 Å². The average molecular weight is 405 g/mol. The van der Waals surface area contributed by atoms with Gasteiger partial charge < -0.3 is 19.9 Å². The maximum Gasteiger partial charge on any atom is 0.229 e. The van der Waals surface area contributed by atoms with Crippen molar-refractivity contribution in [2.45, 2.75) is 26.7 Å². The first kappa shape index (κ1) is 20.0. The summed E-state index contributed by atoms with van der Waals surface area (Å²) in [6.45, 7) is 5.07. The van der Waals surface area contributed by atoms with Crippen molar-refractivity contribution in [2.24, 2.45) is 5.92 Å². The number of nitrogens with one attached hydrogen (secondary N) is 2. The molecule has 2 N–H and O–H groups in total. The van der Waals surface area contributed by atoms with E-state index in [2.05, 4.69) is 10.3 Å². The monoisotopic (exact) mass is 405 g/mol. The number of benzene rings is 2. The number of methoxy groups -OCH3 is 1. The van der Waals surface area contributed by atoms with Gasteiger partial charge in [-0.3, -0.25) is 9.59 Å². The number of hydrogen-bond donors (Lipinski definition) is 2. The van der Waals surface area contributed by atoms with Crippen LogP contribution >= 0.6 is 0 Å². The number of aryl methyl sites for hydroxylation is 1. The number of carbonyl (C=O) groups excluding carboxylic acids is 2. The number of H-pyrrole nitrogens is 1. The number of nitrogens with zero attached hydrogens (tertiary/aromatic N) is 1. The van der Waals surface area contributed by atoms with E-state index in [1.54, 1.807) is 12.0 Å². The molecule has 4 rings (SSSR count). The van der Waals surface area contributed by atoms with Crippen molar-refractivity contribution in [3.05, 3.63) is 59.3 Å². The molecule has 2 heterocycles. The molecule has 1 fully saturated rings. The van der Waals surface area contributed by atoms with Crippen LogP contribution in [0.1, 0.15) is 23.1 Å². The quantitative estimate of drug-likeness (QED) is 0.655. The lowest BCUT2D eigenvalue weighted by atomic mass is 10.1. The highest BCUT2D eigenvalue weighted by Crippen LogP contribution is 2.26. The Hall–Kier alpha value is -3.28. The van der Waals surface area contributed by atoms with Crippen LogP contribution in [0.4, 0.5) is 5.69 Å². The fourth-order valence-electron chi connectivity index (χ4n) is 4.03. The second-order valence-electron chi connectivity index (χ2n) is 7.95. The lowest BCUT2D eigenvalue weighted by Crippen LogP contribution is -2.30. The normalized spacial score (nSPS) is 16.3. The average Bonchev–Trinajstić information content (AvgIpc) is 3.32. The zero-order chi connectivity index (χ0) is 21.3. The van der Waals surface area contributed by atoms with Crippen molar-refractivity contribution in [2.75, 3.05) is 25.5 Å². The Bertz CT molecular complexity index is 1100. The summed E-state index contributed by atoms with van der Waals surface area (Å²) in [6.07, 6.45) is 2.97. The van der Waals surface area contributed by atoms with Crippen LogP contribution in [0.25, 0.3) is 10.9 Å². The third kappa shape index (κ3) is 3.90. The number of anilines is 1. The molecule has 2 amide bonds. The first-order valence-electron chi connectivity index (χ1n) is 10.2. The highest BCUT2D eigenvalue weighted by atomic mass is 16.5. The molecule has 0 unspecified atom stereocenters. The lowest BCUT2D eigenvalue weighted by molar-refractivity contribution is -0.128.